The molecule has 9 nitrogen and oxygen atoms in total. The van der Waals surface area contributed by atoms with Crippen LogP contribution in [0.15, 0.2) is 29.4 Å². The van der Waals surface area contributed by atoms with E-state index in [1.54, 1.807) is 31.4 Å². The largest absolute Gasteiger partial charge is 0.497 e. The summed E-state index contributed by atoms with van der Waals surface area (Å²) in [5, 5.41) is 25.3. The average Bonchev–Trinajstić information content (AvgIpc) is 3.49. The molecule has 0 spiro atoms. The van der Waals surface area contributed by atoms with Gasteiger partial charge >= 0.3 is 0 Å². The lowest BCUT2D eigenvalue weighted by Crippen LogP contribution is -2.26. The van der Waals surface area contributed by atoms with Gasteiger partial charge in [-0.15, -0.1) is 21.5 Å². The van der Waals surface area contributed by atoms with E-state index in [1.807, 2.05) is 11.5 Å². The monoisotopic (exact) mass is 566 g/mol. The van der Waals surface area contributed by atoms with Gasteiger partial charge in [-0.25, -0.2) is 0 Å². The predicted octanol–water partition coefficient (Wildman–Crippen LogP) is 5.05. The Morgan fingerprint density at radius 3 is 2.64 bits per heavy atom. The quantitative estimate of drug-likeness (QED) is 0.348. The molecule has 0 bridgehead atoms. The molecule has 206 valence electrons. The zero-order valence-electron chi connectivity index (χ0n) is 23.0. The van der Waals surface area contributed by atoms with Crippen LogP contribution in [0.2, 0.25) is 0 Å². The van der Waals surface area contributed by atoms with Crippen LogP contribution < -0.4 is 15.4 Å². The third-order valence-corrected chi connectivity index (χ3v) is 9.19. The molecule has 0 unspecified atom stereocenters. The summed E-state index contributed by atoms with van der Waals surface area (Å²) >= 11 is 2.81. The van der Waals surface area contributed by atoms with Crippen LogP contribution in [0.1, 0.15) is 66.3 Å². The maximum absolute atomic E-state index is 12.9. The summed E-state index contributed by atoms with van der Waals surface area (Å²) in [5.74, 6) is 1.56. The van der Waals surface area contributed by atoms with Crippen molar-refractivity contribution >= 4 is 39.9 Å². The SMILES string of the molecule is CCn1c(CNC(=O)c2ccc(OC)cc2)nnc1SCC(=O)Nc1sc2c(c1C#N)CC[C@H](C(C)(C)C)C2. The minimum atomic E-state index is -0.224. The van der Waals surface area contributed by atoms with E-state index in [0.717, 1.165) is 24.8 Å². The molecule has 0 fully saturated rings. The topological polar surface area (TPSA) is 122 Å². The van der Waals surface area contributed by atoms with Gasteiger partial charge in [0.05, 0.1) is 25.0 Å². The van der Waals surface area contributed by atoms with Gasteiger partial charge in [0.2, 0.25) is 5.91 Å². The Labute approximate surface area is 237 Å². The zero-order chi connectivity index (χ0) is 28.2. The number of carbonyl (C=O) groups excluding carboxylic acids is 2. The average molecular weight is 567 g/mol. The van der Waals surface area contributed by atoms with Crippen LogP contribution in [0.4, 0.5) is 5.00 Å². The molecule has 1 aromatic carbocycles. The molecular formula is C28H34N6O3S2. The van der Waals surface area contributed by atoms with Crippen molar-refractivity contribution in [3.05, 3.63) is 51.7 Å². The highest BCUT2D eigenvalue weighted by atomic mass is 32.2. The fourth-order valence-corrected chi connectivity index (χ4v) is 6.82. The first-order chi connectivity index (χ1) is 18.6. The number of ether oxygens (including phenoxy) is 1. The van der Waals surface area contributed by atoms with Gasteiger partial charge in [-0.2, -0.15) is 5.26 Å². The Hall–Kier alpha value is -3.36. The fourth-order valence-electron chi connectivity index (χ4n) is 4.70. The number of thiophene rings is 1. The van der Waals surface area contributed by atoms with Crippen molar-refractivity contribution in [2.24, 2.45) is 11.3 Å². The number of fused-ring (bicyclic) bond motifs is 1. The second-order valence-corrected chi connectivity index (χ2v) is 12.6. The minimum absolute atomic E-state index is 0.133. The molecular weight excluding hydrogens is 532 g/mol. The lowest BCUT2D eigenvalue weighted by atomic mass is 9.72. The second kappa shape index (κ2) is 12.2. The molecule has 0 saturated heterocycles. The van der Waals surface area contributed by atoms with Crippen LogP contribution in [0.25, 0.3) is 0 Å². The van der Waals surface area contributed by atoms with E-state index in [-0.39, 0.29) is 29.5 Å². The van der Waals surface area contributed by atoms with E-state index in [2.05, 4.69) is 47.7 Å². The van der Waals surface area contributed by atoms with E-state index in [9.17, 15) is 14.9 Å². The zero-order valence-corrected chi connectivity index (χ0v) is 24.6. The third kappa shape index (κ3) is 6.62. The summed E-state index contributed by atoms with van der Waals surface area (Å²) in [6.45, 7) is 9.54. The van der Waals surface area contributed by atoms with Gasteiger partial charge in [0.1, 0.15) is 16.8 Å². The second-order valence-electron chi connectivity index (χ2n) is 10.5. The number of hydrogen-bond acceptors (Lipinski definition) is 8. The number of methoxy groups -OCH3 is 1. The Kier molecular flexibility index (Phi) is 8.97. The van der Waals surface area contributed by atoms with E-state index >= 15 is 0 Å². The van der Waals surface area contributed by atoms with Crippen molar-refractivity contribution < 1.29 is 14.3 Å². The Morgan fingerprint density at radius 2 is 2.00 bits per heavy atom. The van der Waals surface area contributed by atoms with Crippen molar-refractivity contribution in [2.75, 3.05) is 18.2 Å². The number of amides is 2. The number of anilines is 1. The molecule has 11 heteroatoms. The molecule has 1 aliphatic carbocycles. The Balaban J connectivity index is 1.35. The summed E-state index contributed by atoms with van der Waals surface area (Å²) in [7, 11) is 1.58. The molecule has 39 heavy (non-hydrogen) atoms. The van der Waals surface area contributed by atoms with Gasteiger partial charge in [0.25, 0.3) is 5.91 Å². The first kappa shape index (κ1) is 28.6. The van der Waals surface area contributed by atoms with Gasteiger partial charge in [-0.1, -0.05) is 32.5 Å². The van der Waals surface area contributed by atoms with Gasteiger partial charge in [-0.3, -0.25) is 9.59 Å². The van der Waals surface area contributed by atoms with Crippen LogP contribution >= 0.6 is 23.1 Å². The maximum atomic E-state index is 12.9. The summed E-state index contributed by atoms with van der Waals surface area (Å²) in [6.07, 6.45) is 2.87. The fraction of sp³-hybridized carbons (Fsp3) is 0.464. The number of carbonyl (C=O) groups is 2. The van der Waals surface area contributed by atoms with Crippen molar-refractivity contribution in [3.63, 3.8) is 0 Å². The number of nitrogens with one attached hydrogen (secondary N) is 2. The highest BCUT2D eigenvalue weighted by molar-refractivity contribution is 7.99. The summed E-state index contributed by atoms with van der Waals surface area (Å²) in [4.78, 5) is 26.6. The van der Waals surface area contributed by atoms with Gasteiger partial charge < -0.3 is 19.9 Å². The van der Waals surface area contributed by atoms with E-state index in [0.29, 0.717) is 45.3 Å². The number of benzene rings is 1. The molecule has 0 aliphatic heterocycles. The summed E-state index contributed by atoms with van der Waals surface area (Å²) in [6, 6.07) is 9.18. The normalized spacial score (nSPS) is 14.8. The summed E-state index contributed by atoms with van der Waals surface area (Å²) in [5.41, 5.74) is 2.43. The Bertz CT molecular complexity index is 1380. The molecule has 2 aromatic heterocycles. The van der Waals surface area contributed by atoms with Crippen molar-refractivity contribution in [3.8, 4) is 11.8 Å². The van der Waals surface area contributed by atoms with Crippen LogP contribution in [-0.2, 0) is 30.7 Å². The lowest BCUT2D eigenvalue weighted by molar-refractivity contribution is -0.113. The van der Waals surface area contributed by atoms with E-state index in [1.165, 1.54) is 28.0 Å². The molecule has 0 saturated carbocycles. The molecule has 0 radical (unpaired) electrons. The number of nitrogens with zero attached hydrogens (tertiary/aromatic N) is 4. The molecule has 2 amide bonds. The first-order valence-electron chi connectivity index (χ1n) is 13.0. The van der Waals surface area contributed by atoms with Crippen molar-refractivity contribution in [1.82, 2.24) is 20.1 Å². The predicted molar refractivity (Wildman–Crippen MR) is 153 cm³/mol. The molecule has 1 atom stereocenters. The number of hydrogen-bond donors (Lipinski definition) is 2. The molecule has 1 aliphatic rings. The maximum Gasteiger partial charge on any atom is 0.251 e. The van der Waals surface area contributed by atoms with Crippen molar-refractivity contribution in [1.29, 1.82) is 5.26 Å². The van der Waals surface area contributed by atoms with Crippen LogP contribution in [0.3, 0.4) is 0 Å². The molecule has 2 N–H and O–H groups in total. The number of nitriles is 1. The molecule has 2 heterocycles. The number of aromatic nitrogens is 3. The smallest absolute Gasteiger partial charge is 0.251 e. The highest BCUT2D eigenvalue weighted by Gasteiger charge is 2.32. The van der Waals surface area contributed by atoms with Gasteiger partial charge in [0, 0.05) is 17.0 Å². The summed E-state index contributed by atoms with van der Waals surface area (Å²) < 4.78 is 7.01. The van der Waals surface area contributed by atoms with Crippen LogP contribution in [0.5, 0.6) is 5.75 Å². The van der Waals surface area contributed by atoms with E-state index < -0.39 is 0 Å². The number of rotatable bonds is 9. The standard InChI is InChI=1S/C28H34N6O3S2/c1-6-34-23(15-30-25(36)17-7-10-19(37-5)11-8-17)32-33-27(34)38-16-24(35)31-26-21(14-29)20-12-9-18(28(2,3)4)13-22(20)39-26/h7-8,10-11,18H,6,9,12-13,15-16H2,1-5H3,(H,30,36)(H,31,35)/t18-/m0/s1. The number of thioether (sulfide) groups is 1. The van der Waals surface area contributed by atoms with Crippen LogP contribution in [0, 0.1) is 22.7 Å². The van der Waals surface area contributed by atoms with Crippen LogP contribution in [-0.4, -0.2) is 39.4 Å². The third-order valence-electron chi connectivity index (χ3n) is 7.06. The van der Waals surface area contributed by atoms with E-state index in [4.69, 9.17) is 4.74 Å². The minimum Gasteiger partial charge on any atom is -0.497 e. The Morgan fingerprint density at radius 1 is 1.26 bits per heavy atom. The molecule has 3 aromatic rings. The molecule has 4 rings (SSSR count). The first-order valence-corrected chi connectivity index (χ1v) is 14.8. The van der Waals surface area contributed by atoms with Crippen molar-refractivity contribution in [2.45, 2.75) is 65.2 Å². The lowest BCUT2D eigenvalue weighted by Gasteiger charge is -2.33. The van der Waals surface area contributed by atoms with Gasteiger partial charge in [0.15, 0.2) is 11.0 Å². The highest BCUT2D eigenvalue weighted by Crippen LogP contribution is 2.44. The van der Waals surface area contributed by atoms with Gasteiger partial charge in [-0.05, 0) is 67.3 Å².